The van der Waals surface area contributed by atoms with Crippen molar-refractivity contribution >= 4 is 0 Å². The molecule has 0 fully saturated rings. The second-order valence-electron chi connectivity index (χ2n) is 3.87. The second-order valence-corrected chi connectivity index (χ2v) is 3.87. The van der Waals surface area contributed by atoms with E-state index in [0.717, 1.165) is 16.9 Å². The molecule has 3 heteroatoms. The van der Waals surface area contributed by atoms with Gasteiger partial charge in [0.25, 0.3) is 0 Å². The van der Waals surface area contributed by atoms with Gasteiger partial charge in [-0.3, -0.25) is 0 Å². The predicted octanol–water partition coefficient (Wildman–Crippen LogP) is 1.35. The zero-order valence-corrected chi connectivity index (χ0v) is 8.87. The van der Waals surface area contributed by atoms with Crippen molar-refractivity contribution in [1.29, 1.82) is 0 Å². The van der Waals surface area contributed by atoms with Crippen molar-refractivity contribution in [3.8, 4) is 5.75 Å². The van der Waals surface area contributed by atoms with Gasteiger partial charge in [-0.2, -0.15) is 0 Å². The molecule has 0 radical (unpaired) electrons. The van der Waals surface area contributed by atoms with E-state index in [-0.39, 0.29) is 6.61 Å². The summed E-state index contributed by atoms with van der Waals surface area (Å²) in [7, 11) is 0. The maximum absolute atomic E-state index is 9.31. The molecule has 14 heavy (non-hydrogen) atoms. The smallest absolute Gasteiger partial charge is 0.145 e. The number of hydrogen-bond donors (Lipinski definition) is 2. The second kappa shape index (κ2) is 3.98. The number of nitrogens with two attached hydrogens (primary N) is 1. The molecule has 0 aliphatic heterocycles. The highest BCUT2D eigenvalue weighted by molar-refractivity contribution is 5.39. The Morgan fingerprint density at radius 3 is 2.29 bits per heavy atom. The van der Waals surface area contributed by atoms with Crippen molar-refractivity contribution in [1.82, 2.24) is 0 Å². The molecule has 3 N–H and O–H groups in total. The number of benzene rings is 1. The summed E-state index contributed by atoms with van der Waals surface area (Å²) in [5, 5.41) is 9.31. The van der Waals surface area contributed by atoms with E-state index in [9.17, 15) is 5.11 Å². The summed E-state index contributed by atoms with van der Waals surface area (Å²) in [6.45, 7) is 5.54. The molecule has 0 saturated carbocycles. The zero-order chi connectivity index (χ0) is 10.8. The quantitative estimate of drug-likeness (QED) is 0.716. The van der Waals surface area contributed by atoms with E-state index in [2.05, 4.69) is 0 Å². The molecule has 0 saturated heterocycles. The van der Waals surface area contributed by atoms with Gasteiger partial charge in [-0.25, -0.2) is 0 Å². The van der Waals surface area contributed by atoms with Gasteiger partial charge >= 0.3 is 0 Å². The van der Waals surface area contributed by atoms with E-state index in [1.165, 1.54) is 6.92 Å². The Bertz CT molecular complexity index is 295. The third-order valence-electron chi connectivity index (χ3n) is 1.92. The Morgan fingerprint density at radius 2 is 1.86 bits per heavy atom. The van der Waals surface area contributed by atoms with E-state index < -0.39 is 5.72 Å². The lowest BCUT2D eigenvalue weighted by atomic mass is 10.1. The normalized spacial score (nSPS) is 14.9. The molecule has 1 aromatic carbocycles. The largest absolute Gasteiger partial charge is 0.489 e. The van der Waals surface area contributed by atoms with Crippen molar-refractivity contribution in [2.75, 3.05) is 6.61 Å². The van der Waals surface area contributed by atoms with Crippen LogP contribution >= 0.6 is 0 Å². The van der Waals surface area contributed by atoms with Crippen LogP contribution < -0.4 is 10.5 Å². The summed E-state index contributed by atoms with van der Waals surface area (Å²) in [6.07, 6.45) is 0. The summed E-state index contributed by atoms with van der Waals surface area (Å²) in [5.74, 6) is 0.804. The molecule has 0 heterocycles. The first-order valence-electron chi connectivity index (χ1n) is 4.60. The summed E-state index contributed by atoms with van der Waals surface area (Å²) in [5.41, 5.74) is 6.23. The first-order valence-corrected chi connectivity index (χ1v) is 4.60. The van der Waals surface area contributed by atoms with E-state index in [0.29, 0.717) is 0 Å². The SMILES string of the molecule is Cc1cccc(C)c1OCC(C)(N)O. The Balaban J connectivity index is 2.77. The van der Waals surface area contributed by atoms with Crippen LogP contribution in [0.4, 0.5) is 0 Å². The summed E-state index contributed by atoms with van der Waals surface area (Å²) >= 11 is 0. The molecule has 0 aromatic heterocycles. The van der Waals surface area contributed by atoms with Crippen LogP contribution in [-0.2, 0) is 0 Å². The van der Waals surface area contributed by atoms with Crippen LogP contribution in [0.2, 0.25) is 0 Å². The van der Waals surface area contributed by atoms with Crippen LogP contribution in [0.3, 0.4) is 0 Å². The molecule has 0 amide bonds. The van der Waals surface area contributed by atoms with E-state index in [1.807, 2.05) is 32.0 Å². The van der Waals surface area contributed by atoms with E-state index >= 15 is 0 Å². The van der Waals surface area contributed by atoms with Gasteiger partial charge in [0.15, 0.2) is 0 Å². The lowest BCUT2D eigenvalue weighted by Gasteiger charge is -2.19. The van der Waals surface area contributed by atoms with E-state index in [4.69, 9.17) is 10.5 Å². The van der Waals surface area contributed by atoms with Crippen LogP contribution in [-0.4, -0.2) is 17.4 Å². The molecule has 1 unspecified atom stereocenters. The van der Waals surface area contributed by atoms with Gasteiger partial charge in [0, 0.05) is 0 Å². The molecular weight excluding hydrogens is 178 g/mol. The summed E-state index contributed by atoms with van der Waals surface area (Å²) < 4.78 is 5.46. The summed E-state index contributed by atoms with van der Waals surface area (Å²) in [4.78, 5) is 0. The minimum Gasteiger partial charge on any atom is -0.489 e. The average Bonchev–Trinajstić information content (AvgIpc) is 2.01. The fraction of sp³-hybridized carbons (Fsp3) is 0.455. The third kappa shape index (κ3) is 3.01. The Hall–Kier alpha value is -1.06. The Morgan fingerprint density at radius 1 is 1.36 bits per heavy atom. The van der Waals surface area contributed by atoms with Crippen LogP contribution in [0.15, 0.2) is 18.2 Å². The lowest BCUT2D eigenvalue weighted by Crippen LogP contribution is -2.42. The highest BCUT2D eigenvalue weighted by Crippen LogP contribution is 2.22. The van der Waals surface area contributed by atoms with Gasteiger partial charge < -0.3 is 15.6 Å². The fourth-order valence-electron chi connectivity index (χ4n) is 1.25. The zero-order valence-electron chi connectivity index (χ0n) is 8.87. The van der Waals surface area contributed by atoms with Gasteiger partial charge in [0.05, 0.1) is 0 Å². The van der Waals surface area contributed by atoms with Crippen molar-refractivity contribution in [3.63, 3.8) is 0 Å². The number of hydrogen-bond acceptors (Lipinski definition) is 3. The minimum absolute atomic E-state index is 0.0959. The van der Waals surface area contributed by atoms with Crippen LogP contribution in [0.25, 0.3) is 0 Å². The molecule has 0 aliphatic rings. The first kappa shape index (κ1) is 11.0. The van der Waals surface area contributed by atoms with E-state index in [1.54, 1.807) is 0 Å². The number of aliphatic hydroxyl groups is 1. The van der Waals surface area contributed by atoms with Crippen molar-refractivity contribution < 1.29 is 9.84 Å². The van der Waals surface area contributed by atoms with Crippen LogP contribution in [0.5, 0.6) is 5.75 Å². The minimum atomic E-state index is -1.28. The molecule has 78 valence electrons. The average molecular weight is 195 g/mol. The number of para-hydroxylation sites is 1. The van der Waals surface area contributed by atoms with Crippen LogP contribution in [0.1, 0.15) is 18.1 Å². The highest BCUT2D eigenvalue weighted by atomic mass is 16.5. The van der Waals surface area contributed by atoms with Gasteiger partial charge in [-0.15, -0.1) is 0 Å². The van der Waals surface area contributed by atoms with Crippen molar-refractivity contribution in [3.05, 3.63) is 29.3 Å². The molecular formula is C11H17NO2. The molecule has 3 nitrogen and oxygen atoms in total. The molecule has 0 spiro atoms. The number of rotatable bonds is 3. The topological polar surface area (TPSA) is 55.5 Å². The molecule has 1 rings (SSSR count). The Kier molecular flexibility index (Phi) is 3.13. The third-order valence-corrected chi connectivity index (χ3v) is 1.92. The van der Waals surface area contributed by atoms with Crippen molar-refractivity contribution in [2.24, 2.45) is 5.73 Å². The molecule has 0 bridgehead atoms. The monoisotopic (exact) mass is 195 g/mol. The maximum atomic E-state index is 9.31. The summed E-state index contributed by atoms with van der Waals surface area (Å²) in [6, 6.07) is 5.90. The highest BCUT2D eigenvalue weighted by Gasteiger charge is 2.15. The standard InChI is InChI=1S/C11H17NO2/c1-8-5-4-6-9(2)10(8)14-7-11(3,12)13/h4-6,13H,7,12H2,1-3H3. The van der Waals surface area contributed by atoms with Gasteiger partial charge in [-0.05, 0) is 31.9 Å². The lowest BCUT2D eigenvalue weighted by molar-refractivity contribution is 0.0169. The van der Waals surface area contributed by atoms with Crippen molar-refractivity contribution in [2.45, 2.75) is 26.5 Å². The van der Waals surface area contributed by atoms with Gasteiger partial charge in [-0.1, -0.05) is 18.2 Å². The van der Waals surface area contributed by atoms with Crippen LogP contribution in [0, 0.1) is 13.8 Å². The van der Waals surface area contributed by atoms with Gasteiger partial charge in [0.2, 0.25) is 0 Å². The fourth-order valence-corrected chi connectivity index (χ4v) is 1.25. The molecule has 1 atom stereocenters. The number of aryl methyl sites for hydroxylation is 2. The predicted molar refractivity (Wildman–Crippen MR) is 56.2 cm³/mol. The first-order chi connectivity index (χ1) is 6.40. The maximum Gasteiger partial charge on any atom is 0.145 e. The molecule has 0 aliphatic carbocycles. The van der Waals surface area contributed by atoms with Gasteiger partial charge in [0.1, 0.15) is 18.1 Å². The molecule has 1 aromatic rings. The number of ether oxygens (including phenoxy) is 1. The Labute approximate surface area is 84.5 Å².